The van der Waals surface area contributed by atoms with Gasteiger partial charge in [-0.1, -0.05) is 12.1 Å². The fraction of sp³-hybridized carbons (Fsp3) is 0.533. The number of carbonyl (C=O) groups is 1. The number of amides is 1. The van der Waals surface area contributed by atoms with E-state index in [1.165, 1.54) is 0 Å². The van der Waals surface area contributed by atoms with Crippen molar-refractivity contribution >= 4 is 11.6 Å². The van der Waals surface area contributed by atoms with E-state index in [1.807, 2.05) is 24.3 Å². The van der Waals surface area contributed by atoms with Crippen molar-refractivity contribution in [3.63, 3.8) is 0 Å². The molecule has 1 aliphatic rings. The van der Waals surface area contributed by atoms with Crippen molar-refractivity contribution in [2.24, 2.45) is 5.92 Å². The molecule has 1 amide bonds. The van der Waals surface area contributed by atoms with E-state index in [0.29, 0.717) is 23.9 Å². The van der Waals surface area contributed by atoms with Gasteiger partial charge in [-0.05, 0) is 31.4 Å². The molecule has 0 spiro atoms. The summed E-state index contributed by atoms with van der Waals surface area (Å²) in [5.74, 6) is 1.09. The first-order valence-electron chi connectivity index (χ1n) is 6.96. The lowest BCUT2D eigenvalue weighted by molar-refractivity contribution is -0.115. The Hall–Kier alpha value is -1.59. The highest BCUT2D eigenvalue weighted by molar-refractivity contribution is 5.93. The van der Waals surface area contributed by atoms with Crippen LogP contribution in [0.25, 0.3) is 0 Å². The number of hydrogen-bond donors (Lipinski definition) is 2. The van der Waals surface area contributed by atoms with Crippen molar-refractivity contribution in [3.05, 3.63) is 24.3 Å². The lowest BCUT2D eigenvalue weighted by Crippen LogP contribution is -2.33. The quantitative estimate of drug-likeness (QED) is 0.830. The fourth-order valence-electron chi connectivity index (χ4n) is 2.36. The Morgan fingerprint density at radius 1 is 1.45 bits per heavy atom. The molecule has 0 aliphatic carbocycles. The maximum absolute atomic E-state index is 11.9. The number of anilines is 1. The van der Waals surface area contributed by atoms with Gasteiger partial charge in [-0.15, -0.1) is 0 Å². The van der Waals surface area contributed by atoms with E-state index in [-0.39, 0.29) is 12.0 Å². The van der Waals surface area contributed by atoms with E-state index >= 15 is 0 Å². The number of methoxy groups -OCH3 is 1. The van der Waals surface area contributed by atoms with Crippen molar-refractivity contribution in [3.8, 4) is 5.75 Å². The highest BCUT2D eigenvalue weighted by atomic mass is 16.5. The SMILES string of the molecule is COc1ccccc1NC(=O)CNCC1CCOC1C. The molecule has 2 rings (SSSR count). The molecule has 0 saturated carbocycles. The zero-order chi connectivity index (χ0) is 14.4. The Morgan fingerprint density at radius 3 is 2.95 bits per heavy atom. The second kappa shape index (κ2) is 7.26. The number of carbonyl (C=O) groups excluding carboxylic acids is 1. The minimum absolute atomic E-state index is 0.0685. The number of nitrogens with one attached hydrogen (secondary N) is 2. The lowest BCUT2D eigenvalue weighted by Gasteiger charge is -2.15. The Kier molecular flexibility index (Phi) is 5.38. The molecule has 1 aliphatic heterocycles. The van der Waals surface area contributed by atoms with Crippen LogP contribution in [-0.4, -0.2) is 38.8 Å². The van der Waals surface area contributed by atoms with Crippen molar-refractivity contribution in [2.45, 2.75) is 19.4 Å². The van der Waals surface area contributed by atoms with Gasteiger partial charge in [-0.3, -0.25) is 4.79 Å². The minimum atomic E-state index is -0.0685. The third-order valence-corrected chi connectivity index (χ3v) is 3.61. The smallest absolute Gasteiger partial charge is 0.238 e. The average Bonchev–Trinajstić information content (AvgIpc) is 2.85. The zero-order valence-electron chi connectivity index (χ0n) is 12.0. The summed E-state index contributed by atoms with van der Waals surface area (Å²) in [6.07, 6.45) is 1.34. The van der Waals surface area contributed by atoms with Gasteiger partial charge in [-0.2, -0.15) is 0 Å². The van der Waals surface area contributed by atoms with Crippen LogP contribution < -0.4 is 15.4 Å². The first-order valence-corrected chi connectivity index (χ1v) is 6.96. The molecule has 1 fully saturated rings. The Bertz CT molecular complexity index is 450. The van der Waals surface area contributed by atoms with Crippen LogP contribution in [0.3, 0.4) is 0 Å². The first kappa shape index (κ1) is 14.8. The monoisotopic (exact) mass is 278 g/mol. The molecule has 2 unspecified atom stereocenters. The average molecular weight is 278 g/mol. The zero-order valence-corrected chi connectivity index (χ0v) is 12.0. The second-order valence-corrected chi connectivity index (χ2v) is 5.00. The van der Waals surface area contributed by atoms with Crippen LogP contribution in [0.2, 0.25) is 0 Å². The maximum atomic E-state index is 11.9. The third-order valence-electron chi connectivity index (χ3n) is 3.61. The van der Waals surface area contributed by atoms with Crippen LogP contribution in [-0.2, 0) is 9.53 Å². The number of para-hydroxylation sites is 2. The highest BCUT2D eigenvalue weighted by Gasteiger charge is 2.23. The van der Waals surface area contributed by atoms with Crippen LogP contribution in [0.5, 0.6) is 5.75 Å². The number of hydrogen-bond acceptors (Lipinski definition) is 4. The highest BCUT2D eigenvalue weighted by Crippen LogP contribution is 2.22. The topological polar surface area (TPSA) is 59.6 Å². The van der Waals surface area contributed by atoms with E-state index in [0.717, 1.165) is 19.6 Å². The molecular formula is C15H22N2O3. The molecule has 1 aromatic rings. The predicted molar refractivity (Wildman–Crippen MR) is 78.0 cm³/mol. The van der Waals surface area contributed by atoms with Gasteiger partial charge in [0.2, 0.25) is 5.91 Å². The predicted octanol–water partition coefficient (Wildman–Crippen LogP) is 1.65. The van der Waals surface area contributed by atoms with Gasteiger partial charge >= 0.3 is 0 Å². The van der Waals surface area contributed by atoms with E-state index in [9.17, 15) is 4.79 Å². The Morgan fingerprint density at radius 2 is 2.25 bits per heavy atom. The van der Waals surface area contributed by atoms with Crippen LogP contribution in [0.1, 0.15) is 13.3 Å². The van der Waals surface area contributed by atoms with Crippen molar-refractivity contribution in [1.29, 1.82) is 0 Å². The number of benzene rings is 1. The van der Waals surface area contributed by atoms with Gasteiger partial charge in [0.05, 0.1) is 25.4 Å². The summed E-state index contributed by atoms with van der Waals surface area (Å²) in [6, 6.07) is 7.38. The van der Waals surface area contributed by atoms with Gasteiger partial charge in [0.15, 0.2) is 0 Å². The lowest BCUT2D eigenvalue weighted by atomic mass is 10.0. The van der Waals surface area contributed by atoms with Gasteiger partial charge in [0, 0.05) is 13.2 Å². The first-order chi connectivity index (χ1) is 9.70. The largest absolute Gasteiger partial charge is 0.495 e. The van der Waals surface area contributed by atoms with E-state index in [4.69, 9.17) is 9.47 Å². The summed E-state index contributed by atoms with van der Waals surface area (Å²) >= 11 is 0. The second-order valence-electron chi connectivity index (χ2n) is 5.00. The number of rotatable bonds is 6. The van der Waals surface area contributed by atoms with E-state index in [1.54, 1.807) is 7.11 Å². The molecule has 5 heteroatoms. The summed E-state index contributed by atoms with van der Waals surface area (Å²) in [4.78, 5) is 11.9. The molecular weight excluding hydrogens is 256 g/mol. The van der Waals surface area contributed by atoms with Crippen molar-refractivity contribution in [2.75, 3.05) is 32.1 Å². The fourth-order valence-corrected chi connectivity index (χ4v) is 2.36. The standard InChI is InChI=1S/C15H22N2O3/c1-11-12(7-8-20-11)9-16-10-15(18)17-13-5-3-4-6-14(13)19-2/h3-6,11-12,16H,7-10H2,1-2H3,(H,17,18). The summed E-state index contributed by atoms with van der Waals surface area (Å²) in [5.41, 5.74) is 0.694. The molecule has 20 heavy (non-hydrogen) atoms. The van der Waals surface area contributed by atoms with E-state index < -0.39 is 0 Å². The van der Waals surface area contributed by atoms with Gasteiger partial charge in [0.1, 0.15) is 5.75 Å². The van der Waals surface area contributed by atoms with Crippen LogP contribution >= 0.6 is 0 Å². The molecule has 0 aromatic heterocycles. The summed E-state index contributed by atoms with van der Waals surface area (Å²) in [6.45, 7) is 4.00. The van der Waals surface area contributed by atoms with Crippen LogP contribution in [0.4, 0.5) is 5.69 Å². The molecule has 1 heterocycles. The molecule has 1 aromatic carbocycles. The Labute approximate surface area is 119 Å². The molecule has 0 radical (unpaired) electrons. The van der Waals surface area contributed by atoms with Gasteiger partial charge in [0.25, 0.3) is 0 Å². The Balaban J connectivity index is 1.75. The van der Waals surface area contributed by atoms with E-state index in [2.05, 4.69) is 17.6 Å². The summed E-state index contributed by atoms with van der Waals surface area (Å²) in [7, 11) is 1.59. The van der Waals surface area contributed by atoms with Crippen molar-refractivity contribution in [1.82, 2.24) is 5.32 Å². The van der Waals surface area contributed by atoms with Gasteiger partial charge < -0.3 is 20.1 Å². The molecule has 2 atom stereocenters. The maximum Gasteiger partial charge on any atom is 0.238 e. The van der Waals surface area contributed by atoms with Crippen LogP contribution in [0, 0.1) is 5.92 Å². The molecule has 1 saturated heterocycles. The molecule has 5 nitrogen and oxygen atoms in total. The molecule has 110 valence electrons. The number of ether oxygens (including phenoxy) is 2. The molecule has 0 bridgehead atoms. The third kappa shape index (κ3) is 3.95. The minimum Gasteiger partial charge on any atom is -0.495 e. The van der Waals surface area contributed by atoms with Crippen molar-refractivity contribution < 1.29 is 14.3 Å². The van der Waals surface area contributed by atoms with Gasteiger partial charge in [-0.25, -0.2) is 0 Å². The normalized spacial score (nSPS) is 21.7. The van der Waals surface area contributed by atoms with Crippen LogP contribution in [0.15, 0.2) is 24.3 Å². The molecule has 2 N–H and O–H groups in total. The summed E-state index contributed by atoms with van der Waals surface area (Å²) in [5, 5.41) is 6.02. The summed E-state index contributed by atoms with van der Waals surface area (Å²) < 4.78 is 10.7.